The van der Waals surface area contributed by atoms with Gasteiger partial charge >= 0.3 is 6.18 Å². The van der Waals surface area contributed by atoms with Gasteiger partial charge in [0.15, 0.2) is 0 Å². The van der Waals surface area contributed by atoms with Crippen molar-refractivity contribution in [2.24, 2.45) is 0 Å². The zero-order chi connectivity index (χ0) is 25.7. The number of nitrogens with zero attached hydrogens (tertiary/aromatic N) is 1. The third kappa shape index (κ3) is 4.38. The first kappa shape index (κ1) is 24.7. The molecule has 188 valence electrons. The van der Waals surface area contributed by atoms with Gasteiger partial charge in [-0.15, -0.1) is 11.3 Å². The molecule has 36 heavy (non-hydrogen) atoms. The molecule has 0 fully saturated rings. The SMILES string of the molecule is Cc1c(N(Cc2ccc(F)c(C(F)(F)F)c2)S(=O)(=O)c2cccc3c2CNCC3)sc2ccccc12. The minimum absolute atomic E-state index is 0.0343. The summed E-state index contributed by atoms with van der Waals surface area (Å²) in [4.78, 5) is 0.113. The van der Waals surface area contributed by atoms with E-state index in [4.69, 9.17) is 0 Å². The molecule has 0 amide bonds. The van der Waals surface area contributed by atoms with Crippen LogP contribution in [0, 0.1) is 12.7 Å². The van der Waals surface area contributed by atoms with Gasteiger partial charge in [-0.2, -0.15) is 13.2 Å². The molecule has 0 unspecified atom stereocenters. The number of nitrogens with one attached hydrogen (secondary N) is 1. The Morgan fingerprint density at radius 3 is 2.58 bits per heavy atom. The molecule has 4 nitrogen and oxygen atoms in total. The Kier molecular flexibility index (Phi) is 6.30. The van der Waals surface area contributed by atoms with Crippen molar-refractivity contribution < 1.29 is 26.0 Å². The molecule has 0 saturated carbocycles. The molecule has 0 atom stereocenters. The van der Waals surface area contributed by atoms with E-state index in [-0.39, 0.29) is 17.0 Å². The fraction of sp³-hybridized carbons (Fsp3) is 0.231. The standard InChI is InChI=1S/C26H22F4N2O2S2/c1-16-19-6-2-3-7-23(19)35-25(16)32(15-17-9-10-22(27)21(13-17)26(28,29)30)36(33,34)24-8-4-5-18-11-12-31-14-20(18)24/h2-10,13,31H,11-12,14-15H2,1H3. The largest absolute Gasteiger partial charge is 0.419 e. The Labute approximate surface area is 210 Å². The molecule has 1 aliphatic rings. The maximum atomic E-state index is 14.2. The van der Waals surface area contributed by atoms with Crippen LogP contribution in [0.25, 0.3) is 10.1 Å². The highest BCUT2D eigenvalue weighted by Gasteiger charge is 2.36. The maximum absolute atomic E-state index is 14.2. The van der Waals surface area contributed by atoms with Crippen LogP contribution < -0.4 is 9.62 Å². The predicted molar refractivity (Wildman–Crippen MR) is 133 cm³/mol. The predicted octanol–water partition coefficient (Wildman–Crippen LogP) is 6.41. The van der Waals surface area contributed by atoms with Gasteiger partial charge in [-0.05, 0) is 71.8 Å². The summed E-state index contributed by atoms with van der Waals surface area (Å²) in [6.07, 6.45) is -4.23. The van der Waals surface area contributed by atoms with Crippen LogP contribution in [-0.2, 0) is 35.7 Å². The molecule has 0 aliphatic carbocycles. The van der Waals surface area contributed by atoms with Crippen LogP contribution in [-0.4, -0.2) is 15.0 Å². The van der Waals surface area contributed by atoms with Crippen molar-refractivity contribution in [2.45, 2.75) is 37.5 Å². The number of thiophene rings is 1. The van der Waals surface area contributed by atoms with Crippen molar-refractivity contribution in [3.8, 4) is 0 Å². The van der Waals surface area contributed by atoms with E-state index < -0.39 is 27.6 Å². The third-order valence-electron chi connectivity index (χ3n) is 6.38. The summed E-state index contributed by atoms with van der Waals surface area (Å²) in [5.74, 6) is -1.40. The first-order chi connectivity index (χ1) is 17.1. The monoisotopic (exact) mass is 534 g/mol. The Morgan fingerprint density at radius 1 is 1.06 bits per heavy atom. The summed E-state index contributed by atoms with van der Waals surface area (Å²) in [6, 6.07) is 15.2. The number of aryl methyl sites for hydroxylation is 1. The molecule has 3 aromatic carbocycles. The smallest absolute Gasteiger partial charge is 0.312 e. The summed E-state index contributed by atoms with van der Waals surface area (Å²) in [6.45, 7) is 2.52. The van der Waals surface area contributed by atoms with E-state index in [0.717, 1.165) is 32.6 Å². The first-order valence-corrected chi connectivity index (χ1v) is 13.5. The first-order valence-electron chi connectivity index (χ1n) is 11.3. The molecule has 1 aromatic heterocycles. The lowest BCUT2D eigenvalue weighted by atomic mass is 10.0. The molecule has 0 radical (unpaired) electrons. The molecule has 0 saturated heterocycles. The van der Waals surface area contributed by atoms with Gasteiger partial charge in [-0.25, -0.2) is 12.8 Å². The molecular formula is C26H22F4N2O2S2. The van der Waals surface area contributed by atoms with E-state index >= 15 is 0 Å². The average Bonchev–Trinajstić information content (AvgIpc) is 3.18. The normalized spacial score (nSPS) is 14.1. The van der Waals surface area contributed by atoms with Crippen LogP contribution in [0.15, 0.2) is 65.6 Å². The van der Waals surface area contributed by atoms with Gasteiger partial charge in [-0.3, -0.25) is 4.31 Å². The maximum Gasteiger partial charge on any atom is 0.419 e. The highest BCUT2D eigenvalue weighted by atomic mass is 32.2. The second-order valence-electron chi connectivity index (χ2n) is 8.67. The summed E-state index contributed by atoms with van der Waals surface area (Å²) in [7, 11) is -4.19. The molecule has 1 aliphatic heterocycles. The van der Waals surface area contributed by atoms with Crippen LogP contribution in [0.5, 0.6) is 0 Å². The van der Waals surface area contributed by atoms with E-state index in [1.165, 1.54) is 23.5 Å². The number of halogens is 4. The van der Waals surface area contributed by atoms with Crippen molar-refractivity contribution >= 4 is 36.4 Å². The lowest BCUT2D eigenvalue weighted by molar-refractivity contribution is -0.140. The van der Waals surface area contributed by atoms with Gasteiger partial charge in [0.2, 0.25) is 0 Å². The molecule has 10 heteroatoms. The van der Waals surface area contributed by atoms with Crippen LogP contribution in [0.3, 0.4) is 0 Å². The van der Waals surface area contributed by atoms with Gasteiger partial charge in [0.05, 0.1) is 17.0 Å². The van der Waals surface area contributed by atoms with Gasteiger partial charge in [0, 0.05) is 11.2 Å². The van der Waals surface area contributed by atoms with Crippen LogP contribution in [0.2, 0.25) is 0 Å². The topological polar surface area (TPSA) is 49.4 Å². The summed E-state index contributed by atoms with van der Waals surface area (Å²) >= 11 is 1.26. The van der Waals surface area contributed by atoms with Crippen molar-refractivity contribution in [1.82, 2.24) is 5.32 Å². The quantitative estimate of drug-likeness (QED) is 0.301. The van der Waals surface area contributed by atoms with Gasteiger partial charge in [-0.1, -0.05) is 36.4 Å². The Morgan fingerprint density at radius 2 is 1.83 bits per heavy atom. The molecule has 1 N–H and O–H groups in total. The van der Waals surface area contributed by atoms with Gasteiger partial charge in [0.1, 0.15) is 10.8 Å². The fourth-order valence-electron chi connectivity index (χ4n) is 4.56. The number of rotatable bonds is 5. The van der Waals surface area contributed by atoms with E-state index in [9.17, 15) is 26.0 Å². The van der Waals surface area contributed by atoms with Gasteiger partial charge < -0.3 is 5.32 Å². The van der Waals surface area contributed by atoms with Crippen molar-refractivity contribution in [3.63, 3.8) is 0 Å². The number of hydrogen-bond acceptors (Lipinski definition) is 4. The molecular weight excluding hydrogens is 512 g/mol. The second-order valence-corrected chi connectivity index (χ2v) is 11.5. The third-order valence-corrected chi connectivity index (χ3v) is 9.62. The molecule has 0 spiro atoms. The number of fused-ring (bicyclic) bond motifs is 2. The molecule has 0 bridgehead atoms. The van der Waals surface area contributed by atoms with E-state index in [1.807, 2.05) is 30.3 Å². The Balaban J connectivity index is 1.69. The average molecular weight is 535 g/mol. The van der Waals surface area contributed by atoms with E-state index in [1.54, 1.807) is 13.0 Å². The molecule has 5 rings (SSSR count). The minimum Gasteiger partial charge on any atom is -0.312 e. The number of benzene rings is 3. The highest BCUT2D eigenvalue weighted by Crippen LogP contribution is 2.42. The number of anilines is 1. The van der Waals surface area contributed by atoms with E-state index in [0.29, 0.717) is 35.2 Å². The lowest BCUT2D eigenvalue weighted by Gasteiger charge is -2.27. The number of hydrogen-bond donors (Lipinski definition) is 1. The number of alkyl halides is 3. The molecule has 4 aromatic rings. The summed E-state index contributed by atoms with van der Waals surface area (Å²) in [5, 5.41) is 4.48. The van der Waals surface area contributed by atoms with Crippen LogP contribution in [0.1, 0.15) is 27.8 Å². The second kappa shape index (κ2) is 9.17. The fourth-order valence-corrected chi connectivity index (χ4v) is 7.76. The Hall–Kier alpha value is -2.95. The van der Waals surface area contributed by atoms with E-state index in [2.05, 4.69) is 5.32 Å². The number of sulfonamides is 1. The Bertz CT molecular complexity index is 1560. The van der Waals surface area contributed by atoms with Crippen molar-refractivity contribution in [3.05, 3.63) is 94.3 Å². The van der Waals surface area contributed by atoms with Crippen molar-refractivity contribution in [2.75, 3.05) is 10.8 Å². The highest BCUT2D eigenvalue weighted by molar-refractivity contribution is 7.93. The summed E-state index contributed by atoms with van der Waals surface area (Å²) in [5.41, 5.74) is 0.894. The lowest BCUT2D eigenvalue weighted by Crippen LogP contribution is -2.33. The zero-order valence-corrected chi connectivity index (χ0v) is 20.8. The van der Waals surface area contributed by atoms with Crippen molar-refractivity contribution in [1.29, 1.82) is 0 Å². The molecule has 2 heterocycles. The van der Waals surface area contributed by atoms with Crippen LogP contribution >= 0.6 is 11.3 Å². The zero-order valence-electron chi connectivity index (χ0n) is 19.2. The van der Waals surface area contributed by atoms with Gasteiger partial charge in [0.25, 0.3) is 10.0 Å². The minimum atomic E-state index is -4.90. The summed E-state index contributed by atoms with van der Waals surface area (Å²) < 4.78 is 84.6. The van der Waals surface area contributed by atoms with Crippen LogP contribution in [0.4, 0.5) is 22.6 Å².